The van der Waals surface area contributed by atoms with E-state index in [9.17, 15) is 13.2 Å². The molecule has 0 bridgehead atoms. The molecule has 1 saturated heterocycles. The molecule has 148 valence electrons. The summed E-state index contributed by atoms with van der Waals surface area (Å²) in [6.07, 6.45) is -2.01. The maximum Gasteiger partial charge on any atom is 0.416 e. The van der Waals surface area contributed by atoms with Crippen LogP contribution in [-0.4, -0.2) is 26.2 Å². The topological polar surface area (TPSA) is 27.3 Å². The molecule has 2 aromatic rings. The van der Waals surface area contributed by atoms with Crippen LogP contribution in [-0.2, 0) is 19.1 Å². The molecule has 0 radical (unpaired) electrons. The molecule has 0 amide bonds. The van der Waals surface area contributed by atoms with Crippen molar-refractivity contribution in [1.29, 1.82) is 0 Å². The number of benzene rings is 2. The lowest BCUT2D eigenvalue weighted by atomic mass is 9.80. The van der Waals surface area contributed by atoms with Crippen molar-refractivity contribution in [3.05, 3.63) is 58.7 Å². The van der Waals surface area contributed by atoms with E-state index < -0.39 is 11.7 Å². The van der Waals surface area contributed by atoms with Crippen molar-refractivity contribution < 1.29 is 13.2 Å². The highest BCUT2D eigenvalue weighted by Crippen LogP contribution is 2.45. The van der Waals surface area contributed by atoms with Gasteiger partial charge in [-0.1, -0.05) is 12.1 Å². The third kappa shape index (κ3) is 3.13. The fourth-order valence-corrected chi connectivity index (χ4v) is 5.02. The van der Waals surface area contributed by atoms with Crippen molar-refractivity contribution >= 4 is 11.4 Å². The molecule has 28 heavy (non-hydrogen) atoms. The van der Waals surface area contributed by atoms with Crippen LogP contribution >= 0.6 is 0 Å². The summed E-state index contributed by atoms with van der Waals surface area (Å²) in [4.78, 5) is 2.56. The molecule has 2 aromatic carbocycles. The second-order valence-corrected chi connectivity index (χ2v) is 8.20. The Kier molecular flexibility index (Phi) is 4.27. The van der Waals surface area contributed by atoms with E-state index in [2.05, 4.69) is 27.7 Å². The number of aryl methyl sites for hydroxylation is 1. The number of nitrogens with one attached hydrogen (secondary N) is 2. The van der Waals surface area contributed by atoms with Crippen molar-refractivity contribution in [2.24, 2.45) is 5.92 Å². The number of anilines is 2. The fourth-order valence-electron chi connectivity index (χ4n) is 5.02. The minimum Gasteiger partial charge on any atom is -0.381 e. The number of hydrogen-bond acceptors (Lipinski definition) is 3. The highest BCUT2D eigenvalue weighted by atomic mass is 19.4. The normalized spacial score (nSPS) is 23.3. The SMILES string of the molecule is FC(F)(F)c1ccc(CNc2cc3c4c(c2)C2CNC[C@@H]2CN4CCC3)cc1. The van der Waals surface area contributed by atoms with Gasteiger partial charge in [0.05, 0.1) is 5.56 Å². The largest absolute Gasteiger partial charge is 0.416 e. The van der Waals surface area contributed by atoms with E-state index in [-0.39, 0.29) is 0 Å². The summed E-state index contributed by atoms with van der Waals surface area (Å²) in [5.74, 6) is 1.24. The summed E-state index contributed by atoms with van der Waals surface area (Å²) in [6, 6.07) is 9.91. The lowest BCUT2D eigenvalue weighted by Gasteiger charge is -2.42. The summed E-state index contributed by atoms with van der Waals surface area (Å²) in [7, 11) is 0. The molecule has 0 aromatic heterocycles. The summed E-state index contributed by atoms with van der Waals surface area (Å²) in [5, 5.41) is 6.99. The van der Waals surface area contributed by atoms with Gasteiger partial charge in [0.1, 0.15) is 0 Å². The van der Waals surface area contributed by atoms with Crippen molar-refractivity contribution in [1.82, 2.24) is 5.32 Å². The Morgan fingerprint density at radius 3 is 2.71 bits per heavy atom. The predicted octanol–water partition coefficient (Wildman–Crippen LogP) is 4.39. The molecular formula is C22H24F3N3. The van der Waals surface area contributed by atoms with E-state index in [1.807, 2.05) is 0 Å². The van der Waals surface area contributed by atoms with Gasteiger partial charge in [-0.15, -0.1) is 0 Å². The predicted molar refractivity (Wildman–Crippen MR) is 105 cm³/mol. The quantitative estimate of drug-likeness (QED) is 0.818. The summed E-state index contributed by atoms with van der Waals surface area (Å²) in [5.41, 5.74) is 5.60. The molecule has 2 N–H and O–H groups in total. The van der Waals surface area contributed by atoms with E-state index in [1.165, 1.54) is 23.2 Å². The number of rotatable bonds is 3. The Morgan fingerprint density at radius 1 is 1.11 bits per heavy atom. The molecule has 3 nitrogen and oxygen atoms in total. The van der Waals surface area contributed by atoms with Crippen LogP contribution in [0.4, 0.5) is 24.5 Å². The zero-order valence-corrected chi connectivity index (χ0v) is 15.6. The van der Waals surface area contributed by atoms with Crippen LogP contribution in [0.25, 0.3) is 0 Å². The maximum atomic E-state index is 12.7. The second-order valence-electron chi connectivity index (χ2n) is 8.20. The van der Waals surface area contributed by atoms with Gasteiger partial charge in [0.25, 0.3) is 0 Å². The van der Waals surface area contributed by atoms with Gasteiger partial charge in [-0.05, 0) is 59.7 Å². The molecule has 3 heterocycles. The summed E-state index contributed by atoms with van der Waals surface area (Å²) in [6.45, 7) is 4.93. The first-order valence-electron chi connectivity index (χ1n) is 10.0. The van der Waals surface area contributed by atoms with Crippen LogP contribution in [0.3, 0.4) is 0 Å². The van der Waals surface area contributed by atoms with Gasteiger partial charge in [-0.2, -0.15) is 13.2 Å². The van der Waals surface area contributed by atoms with Gasteiger partial charge in [-0.3, -0.25) is 0 Å². The third-order valence-corrected chi connectivity index (χ3v) is 6.38. The van der Waals surface area contributed by atoms with E-state index in [0.29, 0.717) is 18.4 Å². The lowest BCUT2D eigenvalue weighted by molar-refractivity contribution is -0.137. The van der Waals surface area contributed by atoms with Crippen LogP contribution in [0.2, 0.25) is 0 Å². The minimum atomic E-state index is -4.29. The molecule has 0 spiro atoms. The molecule has 1 unspecified atom stereocenters. The number of fused-ring (bicyclic) bond motifs is 2. The lowest BCUT2D eigenvalue weighted by Crippen LogP contribution is -2.41. The van der Waals surface area contributed by atoms with Crippen LogP contribution in [0.15, 0.2) is 36.4 Å². The van der Waals surface area contributed by atoms with Crippen LogP contribution in [0.1, 0.15) is 34.6 Å². The molecule has 2 atom stereocenters. The molecule has 5 rings (SSSR count). The molecule has 3 aliphatic rings. The van der Waals surface area contributed by atoms with Crippen molar-refractivity contribution in [2.75, 3.05) is 36.4 Å². The maximum absolute atomic E-state index is 12.7. The number of halogens is 3. The Morgan fingerprint density at radius 2 is 1.93 bits per heavy atom. The smallest absolute Gasteiger partial charge is 0.381 e. The van der Waals surface area contributed by atoms with Crippen LogP contribution < -0.4 is 15.5 Å². The first-order chi connectivity index (χ1) is 13.5. The average Bonchev–Trinajstić information content (AvgIpc) is 3.15. The number of hydrogen-bond donors (Lipinski definition) is 2. The first kappa shape index (κ1) is 17.9. The zero-order valence-electron chi connectivity index (χ0n) is 15.6. The van der Waals surface area contributed by atoms with Crippen molar-refractivity contribution in [3.63, 3.8) is 0 Å². The van der Waals surface area contributed by atoms with Crippen LogP contribution in [0, 0.1) is 5.92 Å². The minimum absolute atomic E-state index is 0.520. The first-order valence-corrected chi connectivity index (χ1v) is 10.0. The van der Waals surface area contributed by atoms with Gasteiger partial charge in [0.15, 0.2) is 0 Å². The molecule has 1 fully saturated rings. The zero-order chi connectivity index (χ0) is 19.3. The van der Waals surface area contributed by atoms with Gasteiger partial charge in [-0.25, -0.2) is 0 Å². The Labute approximate surface area is 162 Å². The fraction of sp³-hybridized carbons (Fsp3) is 0.455. The molecule has 3 aliphatic heterocycles. The van der Waals surface area contributed by atoms with E-state index in [4.69, 9.17) is 0 Å². The monoisotopic (exact) mass is 387 g/mol. The Balaban J connectivity index is 1.39. The summed E-state index contributed by atoms with van der Waals surface area (Å²) >= 11 is 0. The Hall–Kier alpha value is -2.21. The molecule has 6 heteroatoms. The van der Waals surface area contributed by atoms with Crippen LogP contribution in [0.5, 0.6) is 0 Å². The standard InChI is InChI=1S/C22H24F3N3/c23-22(24,25)17-5-3-14(4-6-17)10-27-18-8-15-2-1-7-28-13-16-11-26-12-20(16)19(9-18)21(15)28/h3-6,8-9,16,20,26-27H,1-2,7,10-13H2/t16-,20?/m1/s1. The number of alkyl halides is 3. The van der Waals surface area contributed by atoms with E-state index >= 15 is 0 Å². The number of nitrogens with zero attached hydrogens (tertiary/aromatic N) is 1. The van der Waals surface area contributed by atoms with Gasteiger partial charge >= 0.3 is 6.18 Å². The molecule has 0 saturated carbocycles. The summed E-state index contributed by atoms with van der Waals surface area (Å²) < 4.78 is 38.2. The molecular weight excluding hydrogens is 363 g/mol. The second kappa shape index (κ2) is 6.69. The van der Waals surface area contributed by atoms with Gasteiger partial charge in [0, 0.05) is 50.0 Å². The van der Waals surface area contributed by atoms with Gasteiger partial charge in [0.2, 0.25) is 0 Å². The van der Waals surface area contributed by atoms with Crippen molar-refractivity contribution in [2.45, 2.75) is 31.5 Å². The molecule has 0 aliphatic carbocycles. The highest BCUT2D eigenvalue weighted by molar-refractivity contribution is 5.70. The van der Waals surface area contributed by atoms with Crippen molar-refractivity contribution in [3.8, 4) is 0 Å². The Bertz CT molecular complexity index is 876. The average molecular weight is 387 g/mol. The van der Waals surface area contributed by atoms with E-state index in [1.54, 1.807) is 12.1 Å². The van der Waals surface area contributed by atoms with Gasteiger partial charge < -0.3 is 15.5 Å². The highest BCUT2D eigenvalue weighted by Gasteiger charge is 2.38. The van der Waals surface area contributed by atoms with E-state index in [0.717, 1.165) is 56.0 Å². The third-order valence-electron chi connectivity index (χ3n) is 6.38.